The van der Waals surface area contributed by atoms with E-state index in [1.807, 2.05) is 38.1 Å². The Morgan fingerprint density at radius 3 is 2.79 bits per heavy atom. The van der Waals surface area contributed by atoms with Gasteiger partial charge in [0.15, 0.2) is 5.78 Å². The lowest BCUT2D eigenvalue weighted by Crippen LogP contribution is -2.16. The number of nitrogens with two attached hydrogens (primary N) is 1. The third kappa shape index (κ3) is 3.30. The van der Waals surface area contributed by atoms with Gasteiger partial charge in [0, 0.05) is 18.0 Å². The first-order chi connectivity index (χ1) is 6.59. The number of rotatable bonds is 4. The molecule has 0 aliphatic heterocycles. The SMILES string of the molecule is Cc1cccc(C(=O)CCC(C)N)c1. The molecule has 0 aliphatic carbocycles. The minimum Gasteiger partial charge on any atom is -0.328 e. The number of benzene rings is 1. The van der Waals surface area contributed by atoms with Crippen molar-refractivity contribution >= 4 is 5.78 Å². The van der Waals surface area contributed by atoms with Crippen molar-refractivity contribution in [3.05, 3.63) is 35.4 Å². The number of ketones is 1. The van der Waals surface area contributed by atoms with E-state index in [2.05, 4.69) is 0 Å². The molecule has 0 bridgehead atoms. The summed E-state index contributed by atoms with van der Waals surface area (Å²) in [6.45, 7) is 3.91. The van der Waals surface area contributed by atoms with E-state index in [1.54, 1.807) is 0 Å². The van der Waals surface area contributed by atoms with Crippen LogP contribution in [0.2, 0.25) is 0 Å². The topological polar surface area (TPSA) is 43.1 Å². The molecule has 14 heavy (non-hydrogen) atoms. The first-order valence-corrected chi connectivity index (χ1v) is 4.95. The number of Topliss-reactive ketones (excluding diaryl/α,β-unsaturated/α-hetero) is 1. The zero-order chi connectivity index (χ0) is 10.6. The lowest BCUT2D eigenvalue weighted by Gasteiger charge is -2.04. The molecule has 1 aromatic carbocycles. The average Bonchev–Trinajstić information content (AvgIpc) is 2.14. The molecule has 2 heteroatoms. The fourth-order valence-electron chi connectivity index (χ4n) is 1.32. The van der Waals surface area contributed by atoms with Gasteiger partial charge in [-0.1, -0.05) is 23.8 Å². The lowest BCUT2D eigenvalue weighted by atomic mass is 10.0. The van der Waals surface area contributed by atoms with Gasteiger partial charge < -0.3 is 5.73 Å². The Labute approximate surface area is 85.1 Å². The summed E-state index contributed by atoms with van der Waals surface area (Å²) in [5, 5.41) is 0. The second-order valence-electron chi connectivity index (χ2n) is 3.81. The number of aryl methyl sites for hydroxylation is 1. The zero-order valence-electron chi connectivity index (χ0n) is 8.79. The maximum atomic E-state index is 11.6. The molecule has 1 aromatic rings. The molecule has 0 amide bonds. The van der Waals surface area contributed by atoms with Gasteiger partial charge in [0.2, 0.25) is 0 Å². The second kappa shape index (κ2) is 4.91. The molecule has 0 fully saturated rings. The van der Waals surface area contributed by atoms with Gasteiger partial charge in [0.1, 0.15) is 0 Å². The standard InChI is InChI=1S/C12H17NO/c1-9-4-3-5-11(8-9)12(14)7-6-10(2)13/h3-5,8,10H,6-7,13H2,1-2H3. The average molecular weight is 191 g/mol. The van der Waals surface area contributed by atoms with Crippen LogP contribution in [0.1, 0.15) is 35.7 Å². The highest BCUT2D eigenvalue weighted by molar-refractivity contribution is 5.96. The molecule has 1 atom stereocenters. The summed E-state index contributed by atoms with van der Waals surface area (Å²) in [5.74, 6) is 0.186. The highest BCUT2D eigenvalue weighted by Gasteiger charge is 2.06. The van der Waals surface area contributed by atoms with Crippen LogP contribution in [0.5, 0.6) is 0 Å². The molecular formula is C12H17NO. The van der Waals surface area contributed by atoms with Gasteiger partial charge in [-0.3, -0.25) is 4.79 Å². The maximum Gasteiger partial charge on any atom is 0.162 e. The van der Waals surface area contributed by atoms with Gasteiger partial charge in [0.05, 0.1) is 0 Å². The number of hydrogen-bond donors (Lipinski definition) is 1. The molecule has 76 valence electrons. The summed E-state index contributed by atoms with van der Waals surface area (Å²) in [6.07, 6.45) is 1.30. The minimum absolute atomic E-state index is 0.101. The van der Waals surface area contributed by atoms with Crippen molar-refractivity contribution in [1.29, 1.82) is 0 Å². The summed E-state index contributed by atoms with van der Waals surface area (Å²) in [7, 11) is 0. The van der Waals surface area contributed by atoms with E-state index in [-0.39, 0.29) is 11.8 Å². The van der Waals surface area contributed by atoms with Crippen molar-refractivity contribution in [2.75, 3.05) is 0 Å². The van der Waals surface area contributed by atoms with Crippen molar-refractivity contribution in [2.24, 2.45) is 5.73 Å². The maximum absolute atomic E-state index is 11.6. The normalized spacial score (nSPS) is 12.5. The Kier molecular flexibility index (Phi) is 3.84. The predicted molar refractivity (Wildman–Crippen MR) is 58.4 cm³/mol. The highest BCUT2D eigenvalue weighted by atomic mass is 16.1. The number of carbonyl (C=O) groups excluding carboxylic acids is 1. The van der Waals surface area contributed by atoms with Crippen LogP contribution >= 0.6 is 0 Å². The smallest absolute Gasteiger partial charge is 0.162 e. The molecular weight excluding hydrogens is 174 g/mol. The molecule has 0 aromatic heterocycles. The van der Waals surface area contributed by atoms with Crippen LogP contribution in [0.4, 0.5) is 0 Å². The summed E-state index contributed by atoms with van der Waals surface area (Å²) in [4.78, 5) is 11.6. The molecule has 1 unspecified atom stereocenters. The summed E-state index contributed by atoms with van der Waals surface area (Å²) in [5.41, 5.74) is 7.52. The van der Waals surface area contributed by atoms with E-state index >= 15 is 0 Å². The fraction of sp³-hybridized carbons (Fsp3) is 0.417. The van der Waals surface area contributed by atoms with E-state index in [0.717, 1.165) is 17.5 Å². The van der Waals surface area contributed by atoms with Crippen LogP contribution in [0, 0.1) is 6.92 Å². The minimum atomic E-state index is 0.101. The monoisotopic (exact) mass is 191 g/mol. The third-order valence-electron chi connectivity index (χ3n) is 2.17. The number of hydrogen-bond acceptors (Lipinski definition) is 2. The van der Waals surface area contributed by atoms with E-state index in [1.165, 1.54) is 0 Å². The van der Waals surface area contributed by atoms with Crippen molar-refractivity contribution in [3.8, 4) is 0 Å². The molecule has 0 heterocycles. The second-order valence-corrected chi connectivity index (χ2v) is 3.81. The predicted octanol–water partition coefficient (Wildman–Crippen LogP) is 2.31. The molecule has 2 N–H and O–H groups in total. The molecule has 0 saturated carbocycles. The van der Waals surface area contributed by atoms with Crippen LogP contribution in [-0.2, 0) is 0 Å². The van der Waals surface area contributed by atoms with Gasteiger partial charge in [-0.2, -0.15) is 0 Å². The van der Waals surface area contributed by atoms with Crippen molar-refractivity contribution in [2.45, 2.75) is 32.7 Å². The largest absolute Gasteiger partial charge is 0.328 e. The van der Waals surface area contributed by atoms with Crippen LogP contribution in [-0.4, -0.2) is 11.8 Å². The fourth-order valence-corrected chi connectivity index (χ4v) is 1.32. The molecule has 0 saturated heterocycles. The molecule has 0 radical (unpaired) electrons. The lowest BCUT2D eigenvalue weighted by molar-refractivity contribution is 0.0978. The Morgan fingerprint density at radius 2 is 2.21 bits per heavy atom. The van der Waals surface area contributed by atoms with Crippen LogP contribution < -0.4 is 5.73 Å². The van der Waals surface area contributed by atoms with Crippen molar-refractivity contribution in [1.82, 2.24) is 0 Å². The Hall–Kier alpha value is -1.15. The Bertz CT molecular complexity index is 318. The Morgan fingerprint density at radius 1 is 1.50 bits per heavy atom. The molecule has 2 nitrogen and oxygen atoms in total. The van der Waals surface area contributed by atoms with E-state index < -0.39 is 0 Å². The summed E-state index contributed by atoms with van der Waals surface area (Å²) in [6, 6.07) is 7.78. The van der Waals surface area contributed by atoms with E-state index in [0.29, 0.717) is 6.42 Å². The number of carbonyl (C=O) groups is 1. The molecule has 0 spiro atoms. The molecule has 0 aliphatic rings. The van der Waals surface area contributed by atoms with Crippen LogP contribution in [0.3, 0.4) is 0 Å². The Balaban J connectivity index is 2.61. The molecule has 1 rings (SSSR count). The first-order valence-electron chi connectivity index (χ1n) is 4.95. The van der Waals surface area contributed by atoms with Gasteiger partial charge in [-0.15, -0.1) is 0 Å². The quantitative estimate of drug-likeness (QED) is 0.742. The van der Waals surface area contributed by atoms with Crippen molar-refractivity contribution < 1.29 is 4.79 Å². The summed E-state index contributed by atoms with van der Waals surface area (Å²) >= 11 is 0. The van der Waals surface area contributed by atoms with E-state index in [4.69, 9.17) is 5.73 Å². The highest BCUT2D eigenvalue weighted by Crippen LogP contribution is 2.08. The van der Waals surface area contributed by atoms with Crippen molar-refractivity contribution in [3.63, 3.8) is 0 Å². The summed E-state index contributed by atoms with van der Waals surface area (Å²) < 4.78 is 0. The van der Waals surface area contributed by atoms with Crippen LogP contribution in [0.15, 0.2) is 24.3 Å². The van der Waals surface area contributed by atoms with E-state index in [9.17, 15) is 4.79 Å². The van der Waals surface area contributed by atoms with Gasteiger partial charge in [-0.25, -0.2) is 0 Å². The van der Waals surface area contributed by atoms with Gasteiger partial charge in [0.25, 0.3) is 0 Å². The van der Waals surface area contributed by atoms with Crippen LogP contribution in [0.25, 0.3) is 0 Å². The van der Waals surface area contributed by atoms with Gasteiger partial charge >= 0.3 is 0 Å². The third-order valence-corrected chi connectivity index (χ3v) is 2.17. The zero-order valence-corrected chi connectivity index (χ0v) is 8.79. The van der Waals surface area contributed by atoms with Gasteiger partial charge in [-0.05, 0) is 26.3 Å². The first kappa shape index (κ1) is 10.9.